The quantitative estimate of drug-likeness (QED) is 0.793. The van der Waals surface area contributed by atoms with Crippen molar-refractivity contribution in [2.24, 2.45) is 0 Å². The van der Waals surface area contributed by atoms with Gasteiger partial charge in [0.2, 0.25) is 0 Å². The number of aryl methyl sites for hydroxylation is 1. The van der Waals surface area contributed by atoms with E-state index in [0.717, 1.165) is 29.3 Å². The zero-order valence-electron chi connectivity index (χ0n) is 11.6. The lowest BCUT2D eigenvalue weighted by atomic mass is 10.2. The van der Waals surface area contributed by atoms with Crippen molar-refractivity contribution in [3.63, 3.8) is 0 Å². The molecule has 0 unspecified atom stereocenters. The highest BCUT2D eigenvalue weighted by atomic mass is 15.3. The van der Waals surface area contributed by atoms with Crippen LogP contribution in [0.15, 0.2) is 42.7 Å². The van der Waals surface area contributed by atoms with Gasteiger partial charge in [0.1, 0.15) is 17.3 Å². The highest BCUT2D eigenvalue weighted by Crippen LogP contribution is 2.26. The van der Waals surface area contributed by atoms with Crippen LogP contribution in [0.25, 0.3) is 16.9 Å². The molecule has 0 saturated heterocycles. The maximum Gasteiger partial charge on any atom is 0.131 e. The fourth-order valence-corrected chi connectivity index (χ4v) is 2.36. The van der Waals surface area contributed by atoms with E-state index in [9.17, 15) is 0 Å². The Bertz CT molecular complexity index is 724. The van der Waals surface area contributed by atoms with E-state index in [1.54, 1.807) is 6.20 Å². The Labute approximate surface area is 117 Å². The van der Waals surface area contributed by atoms with Crippen LogP contribution in [0.3, 0.4) is 0 Å². The Hall–Kier alpha value is -2.56. The van der Waals surface area contributed by atoms with Crippen molar-refractivity contribution in [2.45, 2.75) is 20.4 Å². The van der Waals surface area contributed by atoms with E-state index in [4.69, 9.17) is 5.73 Å². The highest BCUT2D eigenvalue weighted by Gasteiger charge is 2.14. The smallest absolute Gasteiger partial charge is 0.131 e. The average molecular weight is 267 g/mol. The van der Waals surface area contributed by atoms with Crippen molar-refractivity contribution in [1.29, 1.82) is 0 Å². The van der Waals surface area contributed by atoms with Gasteiger partial charge in [-0.2, -0.15) is 5.10 Å². The Morgan fingerprint density at radius 3 is 2.60 bits per heavy atom. The van der Waals surface area contributed by atoms with Crippen molar-refractivity contribution in [3.05, 3.63) is 48.5 Å². The van der Waals surface area contributed by atoms with E-state index in [-0.39, 0.29) is 0 Å². The van der Waals surface area contributed by atoms with Gasteiger partial charge in [0, 0.05) is 18.3 Å². The first-order valence-electron chi connectivity index (χ1n) is 6.63. The molecule has 0 radical (unpaired) electrons. The molecule has 0 atom stereocenters. The zero-order valence-corrected chi connectivity index (χ0v) is 11.6. The molecule has 0 saturated carbocycles. The van der Waals surface area contributed by atoms with E-state index in [0.29, 0.717) is 5.82 Å². The Balaban J connectivity index is 2.03. The van der Waals surface area contributed by atoms with Gasteiger partial charge in [0.25, 0.3) is 0 Å². The first kappa shape index (κ1) is 12.5. The van der Waals surface area contributed by atoms with E-state index in [2.05, 4.69) is 17.0 Å². The van der Waals surface area contributed by atoms with Crippen molar-refractivity contribution < 1.29 is 0 Å². The molecule has 0 aliphatic rings. The molecule has 2 heterocycles. The number of para-hydroxylation sites is 1. The molecule has 2 N–H and O–H groups in total. The summed E-state index contributed by atoms with van der Waals surface area (Å²) < 4.78 is 3.82. The normalized spacial score (nSPS) is 10.9. The molecule has 0 bridgehead atoms. The second-order valence-corrected chi connectivity index (χ2v) is 4.65. The third kappa shape index (κ3) is 1.97. The molecule has 3 rings (SSSR count). The standard InChI is InChI=1S/C15H17N5/c1-3-19-11(2)18-14(15(19)16)12-9-17-20(10-12)13-7-5-4-6-8-13/h4-10H,3,16H2,1-2H3. The van der Waals surface area contributed by atoms with Crippen molar-refractivity contribution in [2.75, 3.05) is 5.73 Å². The average Bonchev–Trinajstić information content (AvgIpc) is 3.05. The molecule has 0 amide bonds. The topological polar surface area (TPSA) is 61.7 Å². The number of rotatable bonds is 3. The van der Waals surface area contributed by atoms with E-state index in [1.165, 1.54) is 0 Å². The zero-order chi connectivity index (χ0) is 14.1. The number of hydrogen-bond donors (Lipinski definition) is 1. The first-order valence-corrected chi connectivity index (χ1v) is 6.63. The summed E-state index contributed by atoms with van der Waals surface area (Å²) in [5.41, 5.74) is 8.91. The minimum Gasteiger partial charge on any atom is -0.383 e. The third-order valence-corrected chi connectivity index (χ3v) is 3.39. The summed E-state index contributed by atoms with van der Waals surface area (Å²) >= 11 is 0. The van der Waals surface area contributed by atoms with Gasteiger partial charge in [0.15, 0.2) is 0 Å². The minimum absolute atomic E-state index is 0.692. The Kier molecular flexibility index (Phi) is 3.02. The van der Waals surface area contributed by atoms with Crippen LogP contribution >= 0.6 is 0 Å². The number of anilines is 1. The number of hydrogen-bond acceptors (Lipinski definition) is 3. The van der Waals surface area contributed by atoms with Gasteiger partial charge in [-0.15, -0.1) is 0 Å². The van der Waals surface area contributed by atoms with Crippen LogP contribution in [0, 0.1) is 6.92 Å². The Morgan fingerprint density at radius 1 is 1.20 bits per heavy atom. The molecule has 102 valence electrons. The third-order valence-electron chi connectivity index (χ3n) is 3.39. The summed E-state index contributed by atoms with van der Waals surface area (Å²) in [6.45, 7) is 4.84. The summed E-state index contributed by atoms with van der Waals surface area (Å²) in [4.78, 5) is 4.54. The maximum atomic E-state index is 6.16. The molecule has 0 aliphatic heterocycles. The fraction of sp³-hybridized carbons (Fsp3) is 0.200. The second-order valence-electron chi connectivity index (χ2n) is 4.65. The van der Waals surface area contributed by atoms with Crippen LogP contribution in [-0.4, -0.2) is 19.3 Å². The lowest BCUT2D eigenvalue weighted by Gasteiger charge is -2.02. The van der Waals surface area contributed by atoms with E-state index >= 15 is 0 Å². The predicted molar refractivity (Wildman–Crippen MR) is 79.6 cm³/mol. The van der Waals surface area contributed by atoms with Crippen LogP contribution in [-0.2, 0) is 6.54 Å². The SMILES string of the molecule is CCn1c(C)nc(-c2cnn(-c3ccccc3)c2)c1N. The van der Waals surface area contributed by atoms with Crippen LogP contribution in [0.1, 0.15) is 12.7 Å². The van der Waals surface area contributed by atoms with Gasteiger partial charge >= 0.3 is 0 Å². The molecule has 0 aliphatic carbocycles. The summed E-state index contributed by atoms with van der Waals surface area (Å²) in [6.07, 6.45) is 3.75. The molecule has 5 nitrogen and oxygen atoms in total. The number of nitrogens with zero attached hydrogens (tertiary/aromatic N) is 4. The van der Waals surface area contributed by atoms with Crippen molar-refractivity contribution in [3.8, 4) is 16.9 Å². The summed E-state index contributed by atoms with van der Waals surface area (Å²) in [5.74, 6) is 1.62. The summed E-state index contributed by atoms with van der Waals surface area (Å²) in [7, 11) is 0. The predicted octanol–water partition coefficient (Wildman–Crippen LogP) is 2.65. The van der Waals surface area contributed by atoms with E-state index in [1.807, 2.05) is 52.7 Å². The minimum atomic E-state index is 0.692. The Morgan fingerprint density at radius 2 is 1.95 bits per heavy atom. The summed E-state index contributed by atoms with van der Waals surface area (Å²) in [5, 5.41) is 4.38. The molecule has 3 aromatic rings. The second kappa shape index (κ2) is 4.85. The molecule has 5 heteroatoms. The van der Waals surface area contributed by atoms with Gasteiger partial charge in [-0.3, -0.25) is 0 Å². The van der Waals surface area contributed by atoms with Crippen LogP contribution < -0.4 is 5.73 Å². The van der Waals surface area contributed by atoms with Crippen molar-refractivity contribution >= 4 is 5.82 Å². The van der Waals surface area contributed by atoms with Crippen LogP contribution in [0.4, 0.5) is 5.82 Å². The first-order chi connectivity index (χ1) is 9.70. The lowest BCUT2D eigenvalue weighted by Crippen LogP contribution is -2.02. The molecule has 0 spiro atoms. The molecule has 1 aromatic carbocycles. The molecule has 20 heavy (non-hydrogen) atoms. The van der Waals surface area contributed by atoms with Gasteiger partial charge in [-0.05, 0) is 26.0 Å². The van der Waals surface area contributed by atoms with Gasteiger partial charge in [-0.1, -0.05) is 18.2 Å². The maximum absolute atomic E-state index is 6.16. The molecule has 0 fully saturated rings. The highest BCUT2D eigenvalue weighted by molar-refractivity contribution is 5.70. The van der Waals surface area contributed by atoms with Gasteiger partial charge in [-0.25, -0.2) is 9.67 Å². The van der Waals surface area contributed by atoms with Crippen LogP contribution in [0.5, 0.6) is 0 Å². The number of nitrogen functional groups attached to an aromatic ring is 1. The number of nitrogens with two attached hydrogens (primary N) is 1. The summed E-state index contributed by atoms with van der Waals surface area (Å²) in [6, 6.07) is 9.98. The van der Waals surface area contributed by atoms with Gasteiger partial charge in [0.05, 0.1) is 11.9 Å². The number of benzene rings is 1. The molecular formula is C15H17N5. The van der Waals surface area contributed by atoms with Crippen molar-refractivity contribution in [1.82, 2.24) is 19.3 Å². The fourth-order valence-electron chi connectivity index (χ4n) is 2.36. The van der Waals surface area contributed by atoms with Crippen LogP contribution in [0.2, 0.25) is 0 Å². The largest absolute Gasteiger partial charge is 0.383 e. The lowest BCUT2D eigenvalue weighted by molar-refractivity contribution is 0.739. The van der Waals surface area contributed by atoms with E-state index < -0.39 is 0 Å². The molecule has 2 aromatic heterocycles. The number of imidazole rings is 1. The number of aromatic nitrogens is 4. The molecular weight excluding hydrogens is 250 g/mol. The monoisotopic (exact) mass is 267 g/mol. The van der Waals surface area contributed by atoms with Gasteiger partial charge < -0.3 is 10.3 Å².